The molecule has 178 valence electrons. The summed E-state index contributed by atoms with van der Waals surface area (Å²) < 4.78 is 14.6. The molecule has 34 heavy (non-hydrogen) atoms. The Balaban J connectivity index is 1.98. The summed E-state index contributed by atoms with van der Waals surface area (Å²) in [4.78, 5) is 28.3. The average Bonchev–Trinajstić information content (AvgIpc) is 2.83. The van der Waals surface area contributed by atoms with Crippen LogP contribution < -0.4 is 5.32 Å². The van der Waals surface area contributed by atoms with E-state index in [0.29, 0.717) is 34.1 Å². The number of hydrogen-bond acceptors (Lipinski definition) is 2. The highest BCUT2D eigenvalue weighted by atomic mass is 35.5. The average molecular weight is 501 g/mol. The Bertz CT molecular complexity index is 1120. The maximum atomic E-state index is 14.6. The molecule has 0 spiro atoms. The number of benzene rings is 3. The van der Waals surface area contributed by atoms with Crippen LogP contribution in [0.4, 0.5) is 4.39 Å². The van der Waals surface area contributed by atoms with Crippen LogP contribution in [0.1, 0.15) is 30.0 Å². The molecule has 3 aromatic rings. The van der Waals surface area contributed by atoms with Gasteiger partial charge in [-0.3, -0.25) is 9.59 Å². The summed E-state index contributed by atoms with van der Waals surface area (Å²) in [5.41, 5.74) is 1.82. The van der Waals surface area contributed by atoms with Crippen molar-refractivity contribution >= 4 is 35.0 Å². The van der Waals surface area contributed by atoms with E-state index in [1.165, 1.54) is 11.0 Å². The number of carbonyl (C=O) groups is 2. The van der Waals surface area contributed by atoms with Gasteiger partial charge in [0.15, 0.2) is 0 Å². The van der Waals surface area contributed by atoms with Crippen LogP contribution in [0.5, 0.6) is 0 Å². The molecular weight excluding hydrogens is 474 g/mol. The van der Waals surface area contributed by atoms with E-state index >= 15 is 0 Å². The summed E-state index contributed by atoms with van der Waals surface area (Å²) >= 11 is 12.3. The predicted molar refractivity (Wildman–Crippen MR) is 134 cm³/mol. The van der Waals surface area contributed by atoms with Gasteiger partial charge in [-0.05, 0) is 35.7 Å². The second-order valence-electron chi connectivity index (χ2n) is 8.02. The van der Waals surface area contributed by atoms with E-state index in [1.807, 2.05) is 37.3 Å². The highest BCUT2D eigenvalue weighted by Gasteiger charge is 2.31. The van der Waals surface area contributed by atoms with Gasteiger partial charge in [-0.25, -0.2) is 4.39 Å². The first-order valence-corrected chi connectivity index (χ1v) is 11.9. The van der Waals surface area contributed by atoms with E-state index in [4.69, 9.17) is 23.2 Å². The van der Waals surface area contributed by atoms with Crippen LogP contribution in [0.15, 0.2) is 72.8 Å². The minimum atomic E-state index is -0.827. The SMILES string of the molecule is CCCNC(=O)C(Cc1ccccc1)N(Cc1ccccc1F)C(=O)Cc1ccc(Cl)cc1Cl. The number of nitrogens with zero attached hydrogens (tertiary/aromatic N) is 1. The van der Waals surface area contributed by atoms with Crippen LogP contribution in [0.3, 0.4) is 0 Å². The van der Waals surface area contributed by atoms with Crippen molar-refractivity contribution in [3.63, 3.8) is 0 Å². The van der Waals surface area contributed by atoms with Crippen molar-refractivity contribution < 1.29 is 14.0 Å². The van der Waals surface area contributed by atoms with Gasteiger partial charge in [0.1, 0.15) is 11.9 Å². The molecule has 0 aliphatic heterocycles. The third-order valence-electron chi connectivity index (χ3n) is 5.48. The number of amides is 2. The van der Waals surface area contributed by atoms with E-state index in [2.05, 4.69) is 5.32 Å². The van der Waals surface area contributed by atoms with E-state index in [9.17, 15) is 14.0 Å². The molecule has 0 bridgehead atoms. The van der Waals surface area contributed by atoms with Crippen molar-refractivity contribution in [1.29, 1.82) is 0 Å². The Labute approximate surface area is 209 Å². The number of halogens is 3. The van der Waals surface area contributed by atoms with Crippen molar-refractivity contribution in [2.75, 3.05) is 6.54 Å². The predicted octanol–water partition coefficient (Wildman–Crippen LogP) is 5.84. The standard InChI is InChI=1S/C27H27Cl2FN2O2/c1-2-14-31-27(34)25(15-19-8-4-3-5-9-19)32(18-21-10-6-7-11-24(21)30)26(33)16-20-12-13-22(28)17-23(20)29/h3-13,17,25H,2,14-16,18H2,1H3,(H,31,34). The first-order chi connectivity index (χ1) is 16.4. The lowest BCUT2D eigenvalue weighted by molar-refractivity contribution is -0.140. The van der Waals surface area contributed by atoms with Crippen LogP contribution in [0, 0.1) is 5.82 Å². The molecule has 0 aromatic heterocycles. The fourth-order valence-corrected chi connectivity index (χ4v) is 4.13. The molecule has 1 unspecified atom stereocenters. The Morgan fingerprint density at radius 1 is 0.971 bits per heavy atom. The third-order valence-corrected chi connectivity index (χ3v) is 6.06. The first kappa shape index (κ1) is 25.7. The van der Waals surface area contributed by atoms with Gasteiger partial charge in [-0.1, -0.05) is 84.7 Å². The van der Waals surface area contributed by atoms with Crippen molar-refractivity contribution in [3.8, 4) is 0 Å². The first-order valence-electron chi connectivity index (χ1n) is 11.2. The summed E-state index contributed by atoms with van der Waals surface area (Å²) in [5, 5.41) is 3.73. The zero-order valence-electron chi connectivity index (χ0n) is 18.9. The van der Waals surface area contributed by atoms with Gasteiger partial charge in [-0.2, -0.15) is 0 Å². The Kier molecular flexibility index (Phi) is 9.49. The van der Waals surface area contributed by atoms with E-state index in [0.717, 1.165) is 12.0 Å². The van der Waals surface area contributed by atoms with E-state index in [1.54, 1.807) is 36.4 Å². The van der Waals surface area contributed by atoms with Gasteiger partial charge in [0, 0.05) is 35.1 Å². The monoisotopic (exact) mass is 500 g/mol. The zero-order chi connectivity index (χ0) is 24.5. The maximum absolute atomic E-state index is 14.6. The number of carbonyl (C=O) groups excluding carboxylic acids is 2. The topological polar surface area (TPSA) is 49.4 Å². The molecule has 1 atom stereocenters. The lowest BCUT2D eigenvalue weighted by atomic mass is 10.0. The summed E-state index contributed by atoms with van der Waals surface area (Å²) in [6.07, 6.45) is 1.01. The lowest BCUT2D eigenvalue weighted by Gasteiger charge is -2.32. The highest BCUT2D eigenvalue weighted by molar-refractivity contribution is 6.35. The second kappa shape index (κ2) is 12.5. The molecule has 4 nitrogen and oxygen atoms in total. The number of rotatable bonds is 10. The number of hydrogen-bond donors (Lipinski definition) is 1. The number of nitrogens with one attached hydrogen (secondary N) is 1. The summed E-state index contributed by atoms with van der Waals surface area (Å²) in [6, 6.07) is 19.8. The van der Waals surface area contributed by atoms with Crippen LogP contribution in [-0.2, 0) is 29.0 Å². The molecule has 0 fully saturated rings. The van der Waals surface area contributed by atoms with Gasteiger partial charge in [-0.15, -0.1) is 0 Å². The summed E-state index contributed by atoms with van der Waals surface area (Å²) in [6.45, 7) is 2.39. The molecule has 7 heteroatoms. The fraction of sp³-hybridized carbons (Fsp3) is 0.259. The Morgan fingerprint density at radius 3 is 2.35 bits per heavy atom. The van der Waals surface area contributed by atoms with Gasteiger partial charge in [0.25, 0.3) is 0 Å². The molecule has 0 saturated carbocycles. The molecule has 2 amide bonds. The molecule has 0 aliphatic carbocycles. The minimum Gasteiger partial charge on any atom is -0.354 e. The summed E-state index contributed by atoms with van der Waals surface area (Å²) in [7, 11) is 0. The van der Waals surface area contributed by atoms with Crippen LogP contribution in [-0.4, -0.2) is 29.3 Å². The maximum Gasteiger partial charge on any atom is 0.243 e. The van der Waals surface area contributed by atoms with Crippen molar-refractivity contribution in [2.45, 2.75) is 38.8 Å². The van der Waals surface area contributed by atoms with Crippen molar-refractivity contribution in [3.05, 3.63) is 105 Å². The Morgan fingerprint density at radius 2 is 1.68 bits per heavy atom. The van der Waals surface area contributed by atoms with Crippen LogP contribution >= 0.6 is 23.2 Å². The van der Waals surface area contributed by atoms with E-state index in [-0.39, 0.29) is 24.8 Å². The quantitative estimate of drug-likeness (QED) is 0.380. The highest BCUT2D eigenvalue weighted by Crippen LogP contribution is 2.24. The molecule has 0 aliphatic rings. The fourth-order valence-electron chi connectivity index (χ4n) is 3.66. The summed E-state index contributed by atoms with van der Waals surface area (Å²) in [5.74, 6) is -1.05. The lowest BCUT2D eigenvalue weighted by Crippen LogP contribution is -2.51. The van der Waals surface area contributed by atoms with Crippen molar-refractivity contribution in [2.24, 2.45) is 0 Å². The molecule has 1 N–H and O–H groups in total. The second-order valence-corrected chi connectivity index (χ2v) is 8.87. The molecule has 0 saturated heterocycles. The third kappa shape index (κ3) is 7.05. The zero-order valence-corrected chi connectivity index (χ0v) is 20.5. The van der Waals surface area contributed by atoms with Crippen LogP contribution in [0.25, 0.3) is 0 Å². The van der Waals surface area contributed by atoms with Gasteiger partial charge in [0.05, 0.1) is 6.42 Å². The normalized spacial score (nSPS) is 11.6. The molecule has 0 radical (unpaired) electrons. The molecule has 3 rings (SSSR count). The Hall–Kier alpha value is -2.89. The largest absolute Gasteiger partial charge is 0.354 e. The van der Waals surface area contributed by atoms with Gasteiger partial charge < -0.3 is 10.2 Å². The molecular formula is C27H27Cl2FN2O2. The smallest absolute Gasteiger partial charge is 0.243 e. The van der Waals surface area contributed by atoms with E-state index < -0.39 is 11.9 Å². The molecule has 0 heterocycles. The minimum absolute atomic E-state index is 0.0448. The van der Waals surface area contributed by atoms with Gasteiger partial charge >= 0.3 is 0 Å². The van der Waals surface area contributed by atoms with Crippen molar-refractivity contribution in [1.82, 2.24) is 10.2 Å². The molecule has 3 aromatic carbocycles. The van der Waals surface area contributed by atoms with Gasteiger partial charge in [0.2, 0.25) is 11.8 Å². The van der Waals surface area contributed by atoms with Crippen LogP contribution in [0.2, 0.25) is 10.0 Å².